The number of morpholine rings is 1. The molecule has 0 radical (unpaired) electrons. The van der Waals surface area contributed by atoms with Gasteiger partial charge in [-0.15, -0.1) is 0 Å². The van der Waals surface area contributed by atoms with Crippen molar-refractivity contribution in [1.29, 1.82) is 0 Å². The average molecular weight is 543 g/mol. The van der Waals surface area contributed by atoms with Gasteiger partial charge >= 0.3 is 0 Å². The number of carbonyl (C=O) groups excluding carboxylic acids is 1. The number of rotatable bonds is 7. The van der Waals surface area contributed by atoms with E-state index in [2.05, 4.69) is 19.2 Å². The Balaban J connectivity index is 1.71. The quantitative estimate of drug-likeness (QED) is 0.533. The second-order valence-corrected chi connectivity index (χ2v) is 13.0. The van der Waals surface area contributed by atoms with Gasteiger partial charge in [-0.05, 0) is 79.6 Å². The van der Waals surface area contributed by atoms with Crippen LogP contribution in [-0.2, 0) is 27.6 Å². The van der Waals surface area contributed by atoms with Crippen LogP contribution < -0.4 is 10.0 Å². The van der Waals surface area contributed by atoms with E-state index in [1.165, 1.54) is 12.1 Å². The second-order valence-electron chi connectivity index (χ2n) is 10.3. The highest BCUT2D eigenvalue weighted by Crippen LogP contribution is 2.44. The monoisotopic (exact) mass is 542 g/mol. The third-order valence-corrected chi connectivity index (χ3v) is 7.35. The van der Waals surface area contributed by atoms with Gasteiger partial charge in [0.25, 0.3) is 5.91 Å². The van der Waals surface area contributed by atoms with Crippen LogP contribution in [0.2, 0.25) is 10.0 Å². The van der Waals surface area contributed by atoms with Crippen LogP contribution in [0.15, 0.2) is 30.3 Å². The first-order valence-corrected chi connectivity index (χ1v) is 14.1. The van der Waals surface area contributed by atoms with E-state index in [0.717, 1.165) is 35.8 Å². The van der Waals surface area contributed by atoms with E-state index in [9.17, 15) is 13.2 Å². The van der Waals surface area contributed by atoms with Crippen molar-refractivity contribution in [2.45, 2.75) is 56.6 Å². The van der Waals surface area contributed by atoms with Gasteiger partial charge in [-0.1, -0.05) is 23.2 Å². The van der Waals surface area contributed by atoms with Gasteiger partial charge in [0.1, 0.15) is 5.82 Å². The summed E-state index contributed by atoms with van der Waals surface area (Å²) < 4.78 is 46.5. The van der Waals surface area contributed by atoms with Crippen molar-refractivity contribution in [3.05, 3.63) is 68.4 Å². The lowest BCUT2D eigenvalue weighted by Crippen LogP contribution is -2.61. The highest BCUT2D eigenvalue weighted by Gasteiger charge is 2.41. The van der Waals surface area contributed by atoms with E-state index in [-0.39, 0.29) is 17.0 Å². The first-order valence-electron chi connectivity index (χ1n) is 11.4. The van der Waals surface area contributed by atoms with Crippen molar-refractivity contribution in [3.63, 3.8) is 0 Å². The number of hydrogen-bond donors (Lipinski definition) is 2. The molecule has 2 aromatic rings. The van der Waals surface area contributed by atoms with Gasteiger partial charge < -0.3 is 10.1 Å². The van der Waals surface area contributed by atoms with Gasteiger partial charge in [0.05, 0.1) is 24.0 Å². The van der Waals surface area contributed by atoms with Crippen LogP contribution in [0.5, 0.6) is 0 Å². The zero-order chi connectivity index (χ0) is 25.6. The molecule has 6 nitrogen and oxygen atoms in total. The Morgan fingerprint density at radius 2 is 1.80 bits per heavy atom. The zero-order valence-corrected chi connectivity index (χ0v) is 22.2. The first kappa shape index (κ1) is 26.4. The summed E-state index contributed by atoms with van der Waals surface area (Å²) in [6.07, 6.45) is 3.61. The minimum absolute atomic E-state index is 0.195. The molecule has 4 rings (SSSR count). The molecule has 0 bridgehead atoms. The fraction of sp³-hybridized carbons (Fsp3) is 0.480. The fourth-order valence-electron chi connectivity index (χ4n) is 4.51. The number of hydrogen-bond acceptors (Lipinski definition) is 5. The first-order chi connectivity index (χ1) is 16.2. The molecule has 0 spiro atoms. The van der Waals surface area contributed by atoms with Crippen LogP contribution in [0, 0.1) is 5.82 Å². The Bertz CT molecular complexity index is 1230. The predicted octanol–water partition coefficient (Wildman–Crippen LogP) is 4.62. The second kappa shape index (κ2) is 9.63. The predicted molar refractivity (Wildman–Crippen MR) is 135 cm³/mol. The largest absolute Gasteiger partial charge is 0.371 e. The lowest BCUT2D eigenvalue weighted by molar-refractivity contribution is -0.101. The molecule has 190 valence electrons. The van der Waals surface area contributed by atoms with Crippen molar-refractivity contribution >= 4 is 39.1 Å². The summed E-state index contributed by atoms with van der Waals surface area (Å²) in [5.74, 6) is -1.55. The van der Waals surface area contributed by atoms with E-state index in [4.69, 9.17) is 27.9 Å². The molecule has 2 aromatic carbocycles. The lowest BCUT2D eigenvalue weighted by Gasteiger charge is -2.45. The Kier molecular flexibility index (Phi) is 7.25. The molecule has 35 heavy (non-hydrogen) atoms. The number of amides is 1. The molecule has 1 atom stereocenters. The maximum absolute atomic E-state index is 15.1. The van der Waals surface area contributed by atoms with Gasteiger partial charge in [0.2, 0.25) is 10.0 Å². The van der Waals surface area contributed by atoms with Gasteiger partial charge in [-0.25, -0.2) is 17.5 Å². The van der Waals surface area contributed by atoms with Crippen LogP contribution in [-0.4, -0.2) is 44.9 Å². The fourth-order valence-corrected chi connectivity index (χ4v) is 5.53. The topological polar surface area (TPSA) is 84.5 Å². The highest BCUT2D eigenvalue weighted by atomic mass is 35.5. The normalized spacial score (nSPS) is 22.1. The maximum atomic E-state index is 15.1. The van der Waals surface area contributed by atoms with Gasteiger partial charge in [0, 0.05) is 35.0 Å². The minimum atomic E-state index is -3.82. The number of nitrogens with one attached hydrogen (secondary N) is 2. The van der Waals surface area contributed by atoms with Crippen molar-refractivity contribution in [3.8, 4) is 0 Å². The molecule has 1 amide bonds. The molecule has 2 N–H and O–H groups in total. The van der Waals surface area contributed by atoms with Gasteiger partial charge in [-0.2, -0.15) is 0 Å². The smallest absolute Gasteiger partial charge is 0.267 e. The summed E-state index contributed by atoms with van der Waals surface area (Å²) in [5, 5.41) is 4.59. The molecule has 0 aromatic heterocycles. The summed E-state index contributed by atoms with van der Waals surface area (Å²) in [6, 6.07) is 8.20. The average Bonchev–Trinajstić information content (AvgIpc) is 3.53. The Labute approximate surface area is 215 Å². The van der Waals surface area contributed by atoms with Crippen molar-refractivity contribution in [1.82, 2.24) is 10.0 Å². The summed E-state index contributed by atoms with van der Waals surface area (Å²) in [7, 11) is -3.82. The molecule has 2 aliphatic rings. The molecular formula is C25H29Cl2FN2O4S. The third kappa shape index (κ3) is 6.74. The third-order valence-electron chi connectivity index (χ3n) is 6.36. The molecule has 1 aliphatic heterocycles. The SMILES string of the molecule is CC1(C)CO[C@](Cc2cc(Cl)cc(Cl)c2)(Cc2cc(F)c(C(=O)NS(C)(=O)=O)cc2C2CC2)CN1. The van der Waals surface area contributed by atoms with Crippen LogP contribution in [0.1, 0.15) is 59.7 Å². The number of sulfonamides is 1. The number of carbonyl (C=O) groups is 1. The number of halogens is 3. The van der Waals surface area contributed by atoms with Crippen LogP contribution in [0.3, 0.4) is 0 Å². The molecule has 2 fully saturated rings. The van der Waals surface area contributed by atoms with E-state index in [1.54, 1.807) is 6.07 Å². The molecule has 1 heterocycles. The Morgan fingerprint density at radius 3 is 2.34 bits per heavy atom. The standard InChI is InChI=1S/C25H29Cl2FN2O4S/c1-24(2)14-34-25(13-29-24,11-15-6-18(26)9-19(27)7-15)12-17-8-22(28)21(10-20(17)16-4-5-16)23(31)30-35(3,32)33/h6-10,16,29H,4-5,11-14H2,1-3H3,(H,30,31)/t25-/m1/s1. The van der Waals surface area contributed by atoms with Crippen molar-refractivity contribution < 1.29 is 22.3 Å². The summed E-state index contributed by atoms with van der Waals surface area (Å²) in [6.45, 7) is 5.08. The molecule has 1 aliphatic carbocycles. The molecule has 10 heteroatoms. The minimum Gasteiger partial charge on any atom is -0.371 e. The lowest BCUT2D eigenvalue weighted by atomic mass is 9.82. The summed E-state index contributed by atoms with van der Waals surface area (Å²) >= 11 is 12.5. The molecular weight excluding hydrogens is 514 g/mol. The van der Waals surface area contributed by atoms with E-state index in [1.807, 2.05) is 16.9 Å². The Hall–Kier alpha value is -1.71. The van der Waals surface area contributed by atoms with E-state index in [0.29, 0.717) is 36.0 Å². The molecule has 0 unspecified atom stereocenters. The molecule has 1 saturated carbocycles. The number of benzene rings is 2. The van der Waals surface area contributed by atoms with Crippen LogP contribution >= 0.6 is 23.2 Å². The number of ether oxygens (including phenoxy) is 1. The zero-order valence-electron chi connectivity index (χ0n) is 19.9. The van der Waals surface area contributed by atoms with E-state index < -0.39 is 27.3 Å². The Morgan fingerprint density at radius 1 is 1.14 bits per heavy atom. The summed E-state index contributed by atoms with van der Waals surface area (Å²) in [5.41, 5.74) is 1.31. The van der Waals surface area contributed by atoms with Crippen LogP contribution in [0.4, 0.5) is 4.39 Å². The summed E-state index contributed by atoms with van der Waals surface area (Å²) in [4.78, 5) is 12.4. The van der Waals surface area contributed by atoms with Crippen molar-refractivity contribution in [2.75, 3.05) is 19.4 Å². The van der Waals surface area contributed by atoms with Gasteiger partial charge in [-0.3, -0.25) is 4.79 Å². The maximum Gasteiger partial charge on any atom is 0.267 e. The van der Waals surface area contributed by atoms with Gasteiger partial charge in [0.15, 0.2) is 0 Å². The highest BCUT2D eigenvalue weighted by molar-refractivity contribution is 7.89. The van der Waals surface area contributed by atoms with E-state index >= 15 is 4.39 Å². The van der Waals surface area contributed by atoms with Crippen molar-refractivity contribution in [2.24, 2.45) is 0 Å². The molecule has 1 saturated heterocycles. The van der Waals surface area contributed by atoms with Crippen LogP contribution in [0.25, 0.3) is 0 Å².